The quantitative estimate of drug-likeness (QED) is 0.570. The zero-order valence-electron chi connectivity index (χ0n) is 17.7. The highest BCUT2D eigenvalue weighted by Gasteiger charge is 2.38. The predicted molar refractivity (Wildman–Crippen MR) is 109 cm³/mol. The number of aromatic nitrogens is 3. The Kier molecular flexibility index (Phi) is 6.03. The van der Waals surface area contributed by atoms with Crippen molar-refractivity contribution in [1.82, 2.24) is 20.0 Å². The molecule has 0 N–H and O–H groups in total. The maximum absolute atomic E-state index is 13.8. The van der Waals surface area contributed by atoms with E-state index in [-0.39, 0.29) is 41.1 Å². The number of hydrogen-bond donors (Lipinski definition) is 0. The Morgan fingerprint density at radius 3 is 2.66 bits per heavy atom. The smallest absolute Gasteiger partial charge is 0.417 e. The summed E-state index contributed by atoms with van der Waals surface area (Å²) in [6.07, 6.45) is -2.04. The number of pyridine rings is 2. The summed E-state index contributed by atoms with van der Waals surface area (Å²) >= 11 is 0. The van der Waals surface area contributed by atoms with Crippen LogP contribution >= 0.6 is 0 Å². The van der Waals surface area contributed by atoms with Crippen LogP contribution in [0.15, 0.2) is 35.0 Å². The largest absolute Gasteiger partial charge is 0.468 e. The number of likely N-dealkylation sites (tertiary alicyclic amines) is 1. The van der Waals surface area contributed by atoms with Crippen molar-refractivity contribution in [1.29, 1.82) is 0 Å². The highest BCUT2D eigenvalue weighted by molar-refractivity contribution is 5.82. The molecule has 4 heterocycles. The molecule has 0 saturated carbocycles. The van der Waals surface area contributed by atoms with Gasteiger partial charge >= 0.3 is 6.18 Å². The molecule has 32 heavy (non-hydrogen) atoms. The van der Waals surface area contributed by atoms with E-state index in [2.05, 4.69) is 15.1 Å². The Hall–Kier alpha value is -3.17. The summed E-state index contributed by atoms with van der Waals surface area (Å²) in [5, 5.41) is 3.89. The predicted octanol–water partition coefficient (Wildman–Crippen LogP) is 4.55. The van der Waals surface area contributed by atoms with Crippen LogP contribution in [0.5, 0.6) is 5.88 Å². The summed E-state index contributed by atoms with van der Waals surface area (Å²) in [5.74, 6) is -0.280. The zero-order chi connectivity index (χ0) is 22.9. The number of fused-ring (bicyclic) bond motifs is 1. The van der Waals surface area contributed by atoms with Crippen molar-refractivity contribution >= 4 is 17.0 Å². The second-order valence-electron chi connectivity index (χ2n) is 8.11. The number of hydrogen-bond acceptors (Lipinski definition) is 6. The van der Waals surface area contributed by atoms with Gasteiger partial charge in [0.1, 0.15) is 0 Å². The third-order valence-corrected chi connectivity index (χ3v) is 5.61. The minimum Gasteiger partial charge on any atom is -0.468 e. The molecule has 1 aliphatic rings. The number of carbonyl (C=O) groups is 1. The Morgan fingerprint density at radius 1 is 1.28 bits per heavy atom. The molecule has 3 aromatic heterocycles. The van der Waals surface area contributed by atoms with Crippen molar-refractivity contribution in [3.63, 3.8) is 0 Å². The summed E-state index contributed by atoms with van der Waals surface area (Å²) < 4.78 is 52.0. The van der Waals surface area contributed by atoms with Gasteiger partial charge in [0.25, 0.3) is 11.6 Å². The third-order valence-electron chi connectivity index (χ3n) is 5.61. The number of ether oxygens (including phenoxy) is 1. The van der Waals surface area contributed by atoms with E-state index in [0.29, 0.717) is 37.5 Å². The first-order chi connectivity index (χ1) is 15.2. The molecule has 4 rings (SSSR count). The molecule has 0 bridgehead atoms. The minimum atomic E-state index is -4.55. The van der Waals surface area contributed by atoms with Crippen LogP contribution in [0.4, 0.5) is 13.2 Å². The van der Waals surface area contributed by atoms with Crippen molar-refractivity contribution in [2.45, 2.75) is 44.7 Å². The number of carbonyl (C=O) groups excluding carboxylic acids is 1. The summed E-state index contributed by atoms with van der Waals surface area (Å²) in [6, 6.07) is 6.25. The standard InChI is InChI=1S/C22H23F3N4O3/c1-13(2)16-11-15(22(23,24)25)19-20(28-32-21(19)27-16)14-6-9-29(10-7-14)18(30)12-31-17-5-3-4-8-26-17/h3-5,8,11,13-14H,6-7,9-10,12H2,1-2H3. The third kappa shape index (κ3) is 4.53. The van der Waals surface area contributed by atoms with Crippen LogP contribution in [0.1, 0.15) is 55.5 Å². The maximum atomic E-state index is 13.8. The topological polar surface area (TPSA) is 81.4 Å². The van der Waals surface area contributed by atoms with Crippen molar-refractivity contribution in [3.8, 4) is 5.88 Å². The van der Waals surface area contributed by atoms with Gasteiger partial charge in [-0.05, 0) is 30.9 Å². The van der Waals surface area contributed by atoms with Gasteiger partial charge in [-0.1, -0.05) is 25.1 Å². The number of piperidine rings is 1. The first kappa shape index (κ1) is 22.0. The Labute approximate surface area is 182 Å². The van der Waals surface area contributed by atoms with Crippen LogP contribution in [-0.4, -0.2) is 45.6 Å². The molecular weight excluding hydrogens is 425 g/mol. The maximum Gasteiger partial charge on any atom is 0.417 e. The van der Waals surface area contributed by atoms with E-state index in [1.807, 2.05) is 0 Å². The van der Waals surface area contributed by atoms with Crippen LogP contribution in [0.25, 0.3) is 11.1 Å². The molecule has 0 atom stereocenters. The number of nitrogens with zero attached hydrogens (tertiary/aromatic N) is 4. The van der Waals surface area contributed by atoms with Gasteiger partial charge < -0.3 is 14.2 Å². The lowest BCUT2D eigenvalue weighted by molar-refractivity contribution is -0.136. The van der Waals surface area contributed by atoms with Gasteiger partial charge in [0, 0.05) is 37.0 Å². The molecule has 170 valence electrons. The Balaban J connectivity index is 1.49. The molecule has 7 nitrogen and oxygen atoms in total. The average Bonchev–Trinajstić information content (AvgIpc) is 3.21. The van der Waals surface area contributed by atoms with Crippen LogP contribution in [0, 0.1) is 0 Å². The fourth-order valence-corrected chi connectivity index (χ4v) is 3.85. The van der Waals surface area contributed by atoms with Gasteiger partial charge in [-0.2, -0.15) is 13.2 Å². The van der Waals surface area contributed by atoms with E-state index in [4.69, 9.17) is 9.26 Å². The lowest BCUT2D eigenvalue weighted by Gasteiger charge is -2.31. The summed E-state index contributed by atoms with van der Waals surface area (Å²) in [4.78, 5) is 22.3. The van der Waals surface area contributed by atoms with Gasteiger partial charge in [0.05, 0.1) is 16.6 Å². The van der Waals surface area contributed by atoms with Crippen LogP contribution < -0.4 is 4.74 Å². The Bertz CT molecular complexity index is 1090. The lowest BCUT2D eigenvalue weighted by Crippen LogP contribution is -2.40. The van der Waals surface area contributed by atoms with E-state index in [9.17, 15) is 18.0 Å². The van der Waals surface area contributed by atoms with E-state index >= 15 is 0 Å². The molecule has 1 fully saturated rings. The number of halogens is 3. The first-order valence-electron chi connectivity index (χ1n) is 10.4. The first-order valence-corrected chi connectivity index (χ1v) is 10.4. The molecule has 1 amide bonds. The summed E-state index contributed by atoms with van der Waals surface area (Å²) in [5.41, 5.74) is -0.307. The molecule has 3 aromatic rings. The van der Waals surface area contributed by atoms with Gasteiger partial charge in [-0.3, -0.25) is 4.79 Å². The number of amides is 1. The molecule has 0 spiro atoms. The molecule has 1 saturated heterocycles. The lowest BCUT2D eigenvalue weighted by atomic mass is 9.90. The van der Waals surface area contributed by atoms with Crippen molar-refractivity contribution < 1.29 is 27.2 Å². The summed E-state index contributed by atoms with van der Waals surface area (Å²) in [7, 11) is 0. The van der Waals surface area contributed by atoms with Crippen LogP contribution in [-0.2, 0) is 11.0 Å². The van der Waals surface area contributed by atoms with Crippen LogP contribution in [0.2, 0.25) is 0 Å². The molecule has 0 aliphatic carbocycles. The van der Waals surface area contributed by atoms with E-state index in [1.54, 1.807) is 43.1 Å². The normalized spacial score (nSPS) is 15.5. The van der Waals surface area contributed by atoms with E-state index in [0.717, 1.165) is 6.07 Å². The molecular formula is C22H23F3N4O3. The summed E-state index contributed by atoms with van der Waals surface area (Å²) in [6.45, 7) is 4.19. The minimum absolute atomic E-state index is 0.0786. The monoisotopic (exact) mass is 448 g/mol. The van der Waals surface area contributed by atoms with Gasteiger partial charge in [0.15, 0.2) is 6.61 Å². The Morgan fingerprint density at radius 2 is 2.03 bits per heavy atom. The van der Waals surface area contributed by atoms with Crippen molar-refractivity contribution in [3.05, 3.63) is 47.4 Å². The molecule has 0 aromatic carbocycles. The zero-order valence-corrected chi connectivity index (χ0v) is 17.7. The number of alkyl halides is 3. The fourth-order valence-electron chi connectivity index (χ4n) is 3.85. The fraction of sp³-hybridized carbons (Fsp3) is 0.455. The molecule has 1 aliphatic heterocycles. The van der Waals surface area contributed by atoms with E-state index in [1.165, 1.54) is 0 Å². The van der Waals surface area contributed by atoms with Crippen LogP contribution in [0.3, 0.4) is 0 Å². The SMILES string of the molecule is CC(C)c1cc(C(F)(F)F)c2c(C3CCN(C(=O)COc4ccccn4)CC3)noc2n1. The van der Waals surface area contributed by atoms with E-state index < -0.39 is 11.7 Å². The second kappa shape index (κ2) is 8.76. The van der Waals surface area contributed by atoms with Crippen molar-refractivity contribution in [2.24, 2.45) is 0 Å². The van der Waals surface area contributed by atoms with Crippen molar-refractivity contribution in [2.75, 3.05) is 19.7 Å². The average molecular weight is 448 g/mol. The van der Waals surface area contributed by atoms with Gasteiger partial charge in [-0.25, -0.2) is 9.97 Å². The molecule has 0 unspecified atom stereocenters. The highest BCUT2D eigenvalue weighted by atomic mass is 19.4. The molecule has 0 radical (unpaired) electrons. The van der Waals surface area contributed by atoms with Gasteiger partial charge in [-0.15, -0.1) is 0 Å². The second-order valence-corrected chi connectivity index (χ2v) is 8.11. The van der Waals surface area contributed by atoms with Gasteiger partial charge in [0.2, 0.25) is 5.88 Å². The highest BCUT2D eigenvalue weighted by Crippen LogP contribution is 2.41. The molecule has 10 heteroatoms. The number of rotatable bonds is 5.